The molecule has 3 rings (SSSR count). The van der Waals surface area contributed by atoms with Crippen molar-refractivity contribution < 1.29 is 19.1 Å². The van der Waals surface area contributed by atoms with Crippen LogP contribution in [0.15, 0.2) is 78.9 Å². The zero-order chi connectivity index (χ0) is 25.0. The number of halogens is 1. The van der Waals surface area contributed by atoms with Crippen molar-refractivity contribution in [2.45, 2.75) is 32.4 Å². The van der Waals surface area contributed by atoms with Gasteiger partial charge in [-0.3, -0.25) is 9.59 Å². The summed E-state index contributed by atoms with van der Waals surface area (Å²) in [6.07, 6.45) is 1.17. The van der Waals surface area contributed by atoms with Crippen LogP contribution >= 0.6 is 11.6 Å². The summed E-state index contributed by atoms with van der Waals surface area (Å²) in [7, 11) is 1.55. The normalized spacial score (nSPS) is 11.4. The Kier molecular flexibility index (Phi) is 9.99. The summed E-state index contributed by atoms with van der Waals surface area (Å²) < 4.78 is 11.1. The van der Waals surface area contributed by atoms with Gasteiger partial charge < -0.3 is 19.7 Å². The third kappa shape index (κ3) is 7.76. The number of amides is 2. The molecule has 0 saturated carbocycles. The van der Waals surface area contributed by atoms with E-state index in [4.69, 9.17) is 21.1 Å². The van der Waals surface area contributed by atoms with Gasteiger partial charge in [0.05, 0.1) is 7.11 Å². The number of rotatable bonds is 12. The van der Waals surface area contributed by atoms with E-state index < -0.39 is 6.04 Å². The van der Waals surface area contributed by atoms with Crippen LogP contribution in [-0.4, -0.2) is 43.0 Å². The lowest BCUT2D eigenvalue weighted by atomic mass is 10.0. The molecule has 0 radical (unpaired) electrons. The lowest BCUT2D eigenvalue weighted by Gasteiger charge is -2.31. The van der Waals surface area contributed by atoms with Crippen molar-refractivity contribution in [2.24, 2.45) is 0 Å². The van der Waals surface area contributed by atoms with Crippen molar-refractivity contribution in [3.63, 3.8) is 0 Å². The maximum absolute atomic E-state index is 13.6. The van der Waals surface area contributed by atoms with Gasteiger partial charge >= 0.3 is 0 Å². The third-order valence-corrected chi connectivity index (χ3v) is 5.72. The van der Waals surface area contributed by atoms with Crippen LogP contribution in [0.5, 0.6) is 11.5 Å². The van der Waals surface area contributed by atoms with Crippen molar-refractivity contribution in [1.82, 2.24) is 10.2 Å². The smallest absolute Gasteiger partial charge is 0.261 e. The van der Waals surface area contributed by atoms with E-state index in [9.17, 15) is 9.59 Å². The first-order valence-corrected chi connectivity index (χ1v) is 12.0. The van der Waals surface area contributed by atoms with Crippen LogP contribution in [0, 0.1) is 0 Å². The average molecular weight is 495 g/mol. The predicted octanol–water partition coefficient (Wildman–Crippen LogP) is 4.89. The number of nitrogens with zero attached hydrogens (tertiary/aromatic N) is 1. The first kappa shape index (κ1) is 26.1. The Balaban J connectivity index is 1.90. The summed E-state index contributed by atoms with van der Waals surface area (Å²) in [5, 5.41) is 3.52. The molecule has 3 aromatic rings. The topological polar surface area (TPSA) is 67.9 Å². The minimum Gasteiger partial charge on any atom is -0.493 e. The minimum absolute atomic E-state index is 0.205. The molecule has 0 bridgehead atoms. The van der Waals surface area contributed by atoms with Crippen LogP contribution in [-0.2, 0) is 22.6 Å². The fraction of sp³-hybridized carbons (Fsp3) is 0.286. The average Bonchev–Trinajstić information content (AvgIpc) is 2.88. The van der Waals surface area contributed by atoms with Gasteiger partial charge in [0.15, 0.2) is 18.1 Å². The molecule has 0 aliphatic heterocycles. The lowest BCUT2D eigenvalue weighted by molar-refractivity contribution is -0.142. The van der Waals surface area contributed by atoms with Crippen LogP contribution in [0.1, 0.15) is 24.5 Å². The Hall–Kier alpha value is -3.51. The molecule has 1 atom stereocenters. The van der Waals surface area contributed by atoms with E-state index in [2.05, 4.69) is 5.32 Å². The maximum atomic E-state index is 13.6. The molecule has 7 heteroatoms. The van der Waals surface area contributed by atoms with Crippen molar-refractivity contribution in [3.05, 3.63) is 95.0 Å². The van der Waals surface area contributed by atoms with Gasteiger partial charge in [-0.1, -0.05) is 73.1 Å². The molecule has 0 heterocycles. The fourth-order valence-corrected chi connectivity index (χ4v) is 3.93. The first-order chi connectivity index (χ1) is 17.0. The lowest BCUT2D eigenvalue weighted by Crippen LogP contribution is -2.51. The van der Waals surface area contributed by atoms with Crippen LogP contribution in [0.2, 0.25) is 5.02 Å². The van der Waals surface area contributed by atoms with Gasteiger partial charge in [0.2, 0.25) is 5.91 Å². The molecular weight excluding hydrogens is 464 g/mol. The van der Waals surface area contributed by atoms with Crippen molar-refractivity contribution in [3.8, 4) is 11.5 Å². The summed E-state index contributed by atoms with van der Waals surface area (Å²) in [5.41, 5.74) is 1.78. The molecule has 6 nitrogen and oxygen atoms in total. The monoisotopic (exact) mass is 494 g/mol. The molecule has 0 aromatic heterocycles. The fourth-order valence-electron chi connectivity index (χ4n) is 3.71. The van der Waals surface area contributed by atoms with E-state index in [-0.39, 0.29) is 25.0 Å². The Bertz CT molecular complexity index is 1110. The van der Waals surface area contributed by atoms with Gasteiger partial charge in [0.1, 0.15) is 6.04 Å². The molecule has 0 aliphatic carbocycles. The number of para-hydroxylation sites is 2. The van der Waals surface area contributed by atoms with Crippen molar-refractivity contribution in [1.29, 1.82) is 0 Å². The molecule has 0 aliphatic rings. The van der Waals surface area contributed by atoms with E-state index >= 15 is 0 Å². The number of benzene rings is 3. The van der Waals surface area contributed by atoms with Crippen LogP contribution in [0.25, 0.3) is 0 Å². The maximum Gasteiger partial charge on any atom is 0.261 e. The van der Waals surface area contributed by atoms with Gasteiger partial charge in [-0.2, -0.15) is 0 Å². The van der Waals surface area contributed by atoms with Gasteiger partial charge in [0.25, 0.3) is 5.91 Å². The Morgan fingerprint density at radius 3 is 2.31 bits per heavy atom. The van der Waals surface area contributed by atoms with E-state index in [1.54, 1.807) is 36.3 Å². The molecule has 2 amide bonds. The highest BCUT2D eigenvalue weighted by Crippen LogP contribution is 2.26. The highest BCUT2D eigenvalue weighted by atomic mass is 35.5. The molecule has 184 valence electrons. The summed E-state index contributed by atoms with van der Waals surface area (Å²) in [5.74, 6) is 0.469. The minimum atomic E-state index is -0.725. The zero-order valence-electron chi connectivity index (χ0n) is 20.1. The molecule has 1 N–H and O–H groups in total. The van der Waals surface area contributed by atoms with Gasteiger partial charge in [-0.15, -0.1) is 0 Å². The van der Waals surface area contributed by atoms with E-state index in [0.29, 0.717) is 29.5 Å². The standard InChI is InChI=1S/C28H31ClN2O4/c1-3-16-30-28(33)24(18-21-10-5-4-6-11-21)31(19-22-12-9-13-23(29)17-22)27(32)20-35-26-15-8-7-14-25(26)34-2/h4-15,17,24H,3,16,18-20H2,1-2H3,(H,30,33). The molecular formula is C28H31ClN2O4. The number of hydrogen-bond acceptors (Lipinski definition) is 4. The largest absolute Gasteiger partial charge is 0.493 e. The summed E-state index contributed by atoms with van der Waals surface area (Å²) in [6, 6.07) is 23.4. The molecule has 0 saturated heterocycles. The molecule has 3 aromatic carbocycles. The Morgan fingerprint density at radius 2 is 1.63 bits per heavy atom. The second-order valence-corrected chi connectivity index (χ2v) is 8.52. The highest BCUT2D eigenvalue weighted by molar-refractivity contribution is 6.30. The number of nitrogens with one attached hydrogen (secondary N) is 1. The van der Waals surface area contributed by atoms with Gasteiger partial charge in [-0.25, -0.2) is 0 Å². The number of ether oxygens (including phenoxy) is 2. The van der Waals surface area contributed by atoms with Crippen LogP contribution in [0.3, 0.4) is 0 Å². The van der Waals surface area contributed by atoms with E-state index in [0.717, 1.165) is 17.5 Å². The second-order valence-electron chi connectivity index (χ2n) is 8.09. The quantitative estimate of drug-likeness (QED) is 0.389. The first-order valence-electron chi connectivity index (χ1n) is 11.6. The molecule has 0 spiro atoms. The molecule has 35 heavy (non-hydrogen) atoms. The second kappa shape index (κ2) is 13.4. The number of methoxy groups -OCH3 is 1. The number of hydrogen-bond donors (Lipinski definition) is 1. The van der Waals surface area contributed by atoms with Crippen LogP contribution < -0.4 is 14.8 Å². The number of carbonyl (C=O) groups is 2. The number of carbonyl (C=O) groups excluding carboxylic acids is 2. The van der Waals surface area contributed by atoms with Gasteiger partial charge in [0, 0.05) is 24.5 Å². The SMILES string of the molecule is CCCNC(=O)C(Cc1ccccc1)N(Cc1cccc(Cl)c1)C(=O)COc1ccccc1OC. The van der Waals surface area contributed by atoms with E-state index in [1.165, 1.54) is 0 Å². The van der Waals surface area contributed by atoms with Gasteiger partial charge in [-0.05, 0) is 41.8 Å². The van der Waals surface area contributed by atoms with Crippen molar-refractivity contribution >= 4 is 23.4 Å². The van der Waals surface area contributed by atoms with E-state index in [1.807, 2.05) is 61.5 Å². The summed E-state index contributed by atoms with van der Waals surface area (Å²) in [6.45, 7) is 2.49. The van der Waals surface area contributed by atoms with Crippen molar-refractivity contribution in [2.75, 3.05) is 20.3 Å². The molecule has 1 unspecified atom stereocenters. The zero-order valence-corrected chi connectivity index (χ0v) is 20.8. The Labute approximate surface area is 211 Å². The van der Waals surface area contributed by atoms with Crippen LogP contribution in [0.4, 0.5) is 0 Å². The third-order valence-electron chi connectivity index (χ3n) is 5.48. The predicted molar refractivity (Wildman–Crippen MR) is 138 cm³/mol. The highest BCUT2D eigenvalue weighted by Gasteiger charge is 2.30. The molecule has 0 fully saturated rings. The summed E-state index contributed by atoms with van der Waals surface area (Å²) in [4.78, 5) is 28.4. The summed E-state index contributed by atoms with van der Waals surface area (Å²) >= 11 is 6.20. The Morgan fingerprint density at radius 1 is 0.943 bits per heavy atom.